The van der Waals surface area contributed by atoms with Gasteiger partial charge in [-0.25, -0.2) is 0 Å². The number of hydrogen-bond donors (Lipinski definition) is 3. The fourth-order valence-electron chi connectivity index (χ4n) is 2.44. The first-order valence-corrected chi connectivity index (χ1v) is 7.77. The third kappa shape index (κ3) is 5.26. The van der Waals surface area contributed by atoms with Crippen LogP contribution in [0.5, 0.6) is 5.75 Å². The average Bonchev–Trinajstić information content (AvgIpc) is 2.92. The highest BCUT2D eigenvalue weighted by Gasteiger charge is 2.10. The number of nitrogens with one attached hydrogen (secondary N) is 2. The summed E-state index contributed by atoms with van der Waals surface area (Å²) in [7, 11) is 3.85. The van der Waals surface area contributed by atoms with Crippen molar-refractivity contribution in [1.29, 1.82) is 0 Å². The number of aryl methyl sites for hydroxylation is 1. The van der Waals surface area contributed by atoms with Gasteiger partial charge in [0.15, 0.2) is 0 Å². The number of hydrogen-bond acceptors (Lipinski definition) is 5. The van der Waals surface area contributed by atoms with Crippen LogP contribution in [0.2, 0.25) is 0 Å². The van der Waals surface area contributed by atoms with Crippen LogP contribution in [-0.2, 0) is 0 Å². The molecule has 1 heterocycles. The van der Waals surface area contributed by atoms with Gasteiger partial charge in [-0.3, -0.25) is 5.10 Å². The van der Waals surface area contributed by atoms with Crippen LogP contribution in [0.15, 0.2) is 30.5 Å². The Hall–Kier alpha value is -2.05. The Bertz CT molecular complexity index is 595. The predicted octanol–water partition coefficient (Wildman–Crippen LogP) is 2.19. The molecular formula is C17H26N4O2. The lowest BCUT2D eigenvalue weighted by Crippen LogP contribution is -2.30. The van der Waals surface area contributed by atoms with Crippen molar-refractivity contribution in [2.75, 3.05) is 32.6 Å². The quantitative estimate of drug-likeness (QED) is 0.696. The molecular weight excluding hydrogens is 292 g/mol. The number of aromatic amines is 1. The van der Waals surface area contributed by atoms with E-state index in [0.717, 1.165) is 22.7 Å². The van der Waals surface area contributed by atoms with E-state index in [0.29, 0.717) is 6.54 Å². The van der Waals surface area contributed by atoms with Crippen molar-refractivity contribution < 1.29 is 9.84 Å². The summed E-state index contributed by atoms with van der Waals surface area (Å²) in [6.45, 7) is 4.98. The molecule has 1 aromatic heterocycles. The summed E-state index contributed by atoms with van der Waals surface area (Å²) in [5.74, 6) is 0.750. The number of rotatable bonds is 8. The molecule has 2 rings (SSSR count). The van der Waals surface area contributed by atoms with Crippen LogP contribution in [0.25, 0.3) is 0 Å². The fourth-order valence-corrected chi connectivity index (χ4v) is 2.44. The van der Waals surface area contributed by atoms with Crippen molar-refractivity contribution >= 4 is 5.69 Å². The highest BCUT2D eigenvalue weighted by molar-refractivity contribution is 5.48. The van der Waals surface area contributed by atoms with E-state index < -0.39 is 6.10 Å². The number of nitrogens with zero attached hydrogens (tertiary/aromatic N) is 2. The van der Waals surface area contributed by atoms with E-state index in [1.54, 1.807) is 0 Å². The molecule has 0 spiro atoms. The normalized spacial score (nSPS) is 13.8. The summed E-state index contributed by atoms with van der Waals surface area (Å²) in [6, 6.07) is 7.92. The summed E-state index contributed by atoms with van der Waals surface area (Å²) in [6.07, 6.45) is 1.35. The molecule has 6 heteroatoms. The minimum atomic E-state index is -0.494. The van der Waals surface area contributed by atoms with Crippen LogP contribution < -0.4 is 10.1 Å². The van der Waals surface area contributed by atoms with E-state index in [1.807, 2.05) is 56.4 Å². The maximum absolute atomic E-state index is 9.80. The van der Waals surface area contributed by atoms with Gasteiger partial charge in [0, 0.05) is 23.5 Å². The monoisotopic (exact) mass is 318 g/mol. The van der Waals surface area contributed by atoms with E-state index in [2.05, 4.69) is 22.4 Å². The Labute approximate surface area is 137 Å². The summed E-state index contributed by atoms with van der Waals surface area (Å²) < 4.78 is 5.60. The molecule has 0 bridgehead atoms. The second-order valence-electron chi connectivity index (χ2n) is 6.07. The topological polar surface area (TPSA) is 73.4 Å². The number of aliphatic hydroxyl groups excluding tert-OH is 1. The van der Waals surface area contributed by atoms with Gasteiger partial charge in [-0.15, -0.1) is 0 Å². The summed E-state index contributed by atoms with van der Waals surface area (Å²) >= 11 is 0. The van der Waals surface area contributed by atoms with Gasteiger partial charge in [0.25, 0.3) is 0 Å². The molecule has 0 aliphatic rings. The first kappa shape index (κ1) is 17.3. The SMILES string of the molecule is Cc1[nH]ncc1C(C)Nc1ccc(OCC(O)CN(C)C)cc1. The third-order valence-electron chi connectivity index (χ3n) is 3.59. The van der Waals surface area contributed by atoms with Crippen LogP contribution in [0.3, 0.4) is 0 Å². The molecule has 2 aromatic rings. The van der Waals surface area contributed by atoms with Gasteiger partial charge < -0.3 is 20.1 Å². The smallest absolute Gasteiger partial charge is 0.119 e. The van der Waals surface area contributed by atoms with E-state index in [1.165, 1.54) is 0 Å². The number of ether oxygens (including phenoxy) is 1. The van der Waals surface area contributed by atoms with Crippen molar-refractivity contribution in [2.45, 2.75) is 26.0 Å². The molecule has 23 heavy (non-hydrogen) atoms. The highest BCUT2D eigenvalue weighted by Crippen LogP contribution is 2.22. The summed E-state index contributed by atoms with van der Waals surface area (Å²) in [5.41, 5.74) is 3.23. The Balaban J connectivity index is 1.86. The molecule has 126 valence electrons. The Morgan fingerprint density at radius 1 is 1.30 bits per heavy atom. The zero-order chi connectivity index (χ0) is 16.8. The molecule has 0 saturated carbocycles. The number of aromatic nitrogens is 2. The molecule has 2 unspecified atom stereocenters. The van der Waals surface area contributed by atoms with Crippen LogP contribution in [-0.4, -0.2) is 53.6 Å². The molecule has 0 aliphatic carbocycles. The lowest BCUT2D eigenvalue weighted by molar-refractivity contribution is 0.0831. The van der Waals surface area contributed by atoms with Crippen molar-refractivity contribution in [1.82, 2.24) is 15.1 Å². The molecule has 0 amide bonds. The van der Waals surface area contributed by atoms with Gasteiger partial charge in [-0.2, -0.15) is 5.10 Å². The highest BCUT2D eigenvalue weighted by atomic mass is 16.5. The number of benzene rings is 1. The number of H-pyrrole nitrogens is 1. The number of anilines is 1. The summed E-state index contributed by atoms with van der Waals surface area (Å²) in [4.78, 5) is 1.93. The second kappa shape index (κ2) is 7.99. The number of aliphatic hydroxyl groups is 1. The van der Waals surface area contributed by atoms with Crippen LogP contribution in [0.4, 0.5) is 5.69 Å². The molecule has 0 saturated heterocycles. The minimum absolute atomic E-state index is 0.169. The van der Waals surface area contributed by atoms with Crippen molar-refractivity contribution in [3.05, 3.63) is 41.7 Å². The Morgan fingerprint density at radius 3 is 2.57 bits per heavy atom. The van der Waals surface area contributed by atoms with E-state index in [4.69, 9.17) is 4.74 Å². The van der Waals surface area contributed by atoms with Gasteiger partial charge in [-0.05, 0) is 52.2 Å². The Morgan fingerprint density at radius 2 is 2.00 bits per heavy atom. The zero-order valence-corrected chi connectivity index (χ0v) is 14.2. The molecule has 3 N–H and O–H groups in total. The van der Waals surface area contributed by atoms with Gasteiger partial charge in [0.05, 0.1) is 12.2 Å². The zero-order valence-electron chi connectivity index (χ0n) is 14.2. The average molecular weight is 318 g/mol. The van der Waals surface area contributed by atoms with Crippen LogP contribution in [0, 0.1) is 6.92 Å². The molecule has 0 aliphatic heterocycles. The minimum Gasteiger partial charge on any atom is -0.491 e. The summed E-state index contributed by atoms with van der Waals surface area (Å²) in [5, 5.41) is 20.2. The first-order valence-electron chi connectivity index (χ1n) is 7.77. The standard InChI is InChI=1S/C17H26N4O2/c1-12(17-9-18-20-13(17)2)19-14-5-7-16(8-6-14)23-11-15(22)10-21(3)4/h5-9,12,15,19,22H,10-11H2,1-4H3,(H,18,20). The molecule has 6 nitrogen and oxygen atoms in total. The molecule has 0 fully saturated rings. The fraction of sp³-hybridized carbons (Fsp3) is 0.471. The van der Waals surface area contributed by atoms with Crippen LogP contribution >= 0.6 is 0 Å². The maximum atomic E-state index is 9.80. The lowest BCUT2D eigenvalue weighted by Gasteiger charge is -2.17. The van der Waals surface area contributed by atoms with Crippen molar-refractivity contribution in [3.8, 4) is 5.75 Å². The van der Waals surface area contributed by atoms with Gasteiger partial charge in [0.1, 0.15) is 18.5 Å². The maximum Gasteiger partial charge on any atom is 0.119 e. The predicted molar refractivity (Wildman–Crippen MR) is 91.9 cm³/mol. The van der Waals surface area contributed by atoms with E-state index >= 15 is 0 Å². The van der Waals surface area contributed by atoms with Crippen molar-refractivity contribution in [3.63, 3.8) is 0 Å². The second-order valence-corrected chi connectivity index (χ2v) is 6.07. The number of likely N-dealkylation sites (N-methyl/N-ethyl adjacent to an activating group) is 1. The van der Waals surface area contributed by atoms with Crippen molar-refractivity contribution in [2.24, 2.45) is 0 Å². The first-order chi connectivity index (χ1) is 11.0. The third-order valence-corrected chi connectivity index (χ3v) is 3.59. The van der Waals surface area contributed by atoms with E-state index in [9.17, 15) is 5.11 Å². The molecule has 1 aromatic carbocycles. The molecule has 0 radical (unpaired) electrons. The largest absolute Gasteiger partial charge is 0.491 e. The Kier molecular flexibility index (Phi) is 6.01. The van der Waals surface area contributed by atoms with Gasteiger partial charge in [0.2, 0.25) is 0 Å². The molecule has 2 atom stereocenters. The van der Waals surface area contributed by atoms with Gasteiger partial charge in [-0.1, -0.05) is 0 Å². The lowest BCUT2D eigenvalue weighted by atomic mass is 10.1. The van der Waals surface area contributed by atoms with Crippen LogP contribution in [0.1, 0.15) is 24.2 Å². The van der Waals surface area contributed by atoms with E-state index in [-0.39, 0.29) is 12.6 Å². The van der Waals surface area contributed by atoms with Gasteiger partial charge >= 0.3 is 0 Å².